The van der Waals surface area contributed by atoms with Crippen LogP contribution in [0.4, 0.5) is 0 Å². The Morgan fingerprint density at radius 3 is 2.95 bits per heavy atom. The number of aromatic nitrogens is 2. The predicted molar refractivity (Wildman–Crippen MR) is 75.4 cm³/mol. The SMILES string of the molecule is Cl.NCc1nc(CN2CCc3ccc(O)cc3C2)no1. The summed E-state index contributed by atoms with van der Waals surface area (Å²) >= 11 is 0. The summed E-state index contributed by atoms with van der Waals surface area (Å²) < 4.78 is 4.99. The predicted octanol–water partition coefficient (Wildman–Crippen LogP) is 1.21. The standard InChI is InChI=1S/C13H16N4O2.ClH/c14-6-13-15-12(16-19-13)8-17-4-3-9-1-2-11(18)5-10(9)7-17;/h1-2,5,18H,3-4,6-8,14H2;1H. The van der Waals surface area contributed by atoms with Crippen molar-refractivity contribution in [2.45, 2.75) is 26.1 Å². The quantitative estimate of drug-likeness (QED) is 0.885. The molecule has 1 aromatic carbocycles. The van der Waals surface area contributed by atoms with E-state index in [2.05, 4.69) is 15.0 Å². The number of nitrogens with zero attached hydrogens (tertiary/aromatic N) is 3. The molecule has 0 saturated carbocycles. The highest BCUT2D eigenvalue weighted by Crippen LogP contribution is 2.23. The lowest BCUT2D eigenvalue weighted by Crippen LogP contribution is -2.30. The fourth-order valence-corrected chi connectivity index (χ4v) is 2.37. The van der Waals surface area contributed by atoms with E-state index in [0.717, 1.165) is 25.1 Å². The number of halogens is 1. The number of benzene rings is 1. The van der Waals surface area contributed by atoms with Crippen molar-refractivity contribution in [2.75, 3.05) is 6.54 Å². The van der Waals surface area contributed by atoms with Crippen molar-refractivity contribution in [3.05, 3.63) is 41.0 Å². The summed E-state index contributed by atoms with van der Waals surface area (Å²) in [5.41, 5.74) is 7.90. The molecule has 20 heavy (non-hydrogen) atoms. The molecule has 2 heterocycles. The van der Waals surface area contributed by atoms with Crippen molar-refractivity contribution in [3.8, 4) is 5.75 Å². The summed E-state index contributed by atoms with van der Waals surface area (Å²) in [6.45, 7) is 2.64. The van der Waals surface area contributed by atoms with Crippen molar-refractivity contribution >= 4 is 12.4 Å². The second-order valence-corrected chi connectivity index (χ2v) is 4.72. The molecule has 2 aromatic rings. The molecule has 0 radical (unpaired) electrons. The fraction of sp³-hybridized carbons (Fsp3) is 0.385. The molecule has 0 atom stereocenters. The monoisotopic (exact) mass is 296 g/mol. The molecule has 0 aliphatic carbocycles. The molecule has 6 nitrogen and oxygen atoms in total. The molecule has 3 N–H and O–H groups in total. The van der Waals surface area contributed by atoms with Crippen LogP contribution in [0.3, 0.4) is 0 Å². The van der Waals surface area contributed by atoms with Gasteiger partial charge in [-0.3, -0.25) is 4.90 Å². The van der Waals surface area contributed by atoms with Crippen molar-refractivity contribution in [3.63, 3.8) is 0 Å². The molecule has 7 heteroatoms. The first kappa shape index (κ1) is 14.8. The topological polar surface area (TPSA) is 88.4 Å². The maximum Gasteiger partial charge on any atom is 0.240 e. The molecule has 1 aliphatic rings. The Morgan fingerprint density at radius 1 is 1.35 bits per heavy atom. The van der Waals surface area contributed by atoms with Gasteiger partial charge in [-0.2, -0.15) is 4.98 Å². The van der Waals surface area contributed by atoms with E-state index in [0.29, 0.717) is 24.0 Å². The summed E-state index contributed by atoms with van der Waals surface area (Å²) in [6, 6.07) is 5.55. The molecule has 0 bridgehead atoms. The number of phenolic OH excluding ortho intramolecular Hbond substituents is 1. The minimum absolute atomic E-state index is 0. The Kier molecular flexibility index (Phi) is 4.59. The van der Waals surface area contributed by atoms with Gasteiger partial charge in [-0.05, 0) is 29.7 Å². The summed E-state index contributed by atoms with van der Waals surface area (Å²) in [4.78, 5) is 6.43. The average molecular weight is 297 g/mol. The van der Waals surface area contributed by atoms with Crippen LogP contribution in [0.25, 0.3) is 0 Å². The zero-order valence-corrected chi connectivity index (χ0v) is 11.8. The molecule has 0 spiro atoms. The van der Waals surface area contributed by atoms with Gasteiger partial charge < -0.3 is 15.4 Å². The summed E-state index contributed by atoms with van der Waals surface area (Å²) in [7, 11) is 0. The van der Waals surface area contributed by atoms with Crippen LogP contribution in [0.15, 0.2) is 22.7 Å². The molecule has 1 aromatic heterocycles. The Bertz CT molecular complexity index is 588. The Hall–Kier alpha value is -1.63. The van der Waals surface area contributed by atoms with Crippen LogP contribution in [0.2, 0.25) is 0 Å². The number of fused-ring (bicyclic) bond motifs is 1. The zero-order valence-electron chi connectivity index (χ0n) is 11.0. The first-order valence-electron chi connectivity index (χ1n) is 6.29. The molecule has 108 valence electrons. The minimum atomic E-state index is 0. The van der Waals surface area contributed by atoms with Gasteiger partial charge in [0.25, 0.3) is 0 Å². The maximum absolute atomic E-state index is 9.53. The third kappa shape index (κ3) is 3.09. The van der Waals surface area contributed by atoms with E-state index in [1.807, 2.05) is 12.1 Å². The molecule has 3 rings (SSSR count). The first-order valence-corrected chi connectivity index (χ1v) is 6.29. The maximum atomic E-state index is 9.53. The van der Waals surface area contributed by atoms with Crippen LogP contribution in [0.5, 0.6) is 5.75 Å². The van der Waals surface area contributed by atoms with E-state index in [1.165, 1.54) is 5.56 Å². The molecule has 0 amide bonds. The van der Waals surface area contributed by atoms with E-state index >= 15 is 0 Å². The van der Waals surface area contributed by atoms with Crippen LogP contribution in [0.1, 0.15) is 22.8 Å². The van der Waals surface area contributed by atoms with Crippen molar-refractivity contribution in [1.29, 1.82) is 0 Å². The molecule has 0 saturated heterocycles. The molecular weight excluding hydrogens is 280 g/mol. The van der Waals surface area contributed by atoms with Gasteiger partial charge in [-0.25, -0.2) is 0 Å². The van der Waals surface area contributed by atoms with Crippen molar-refractivity contribution in [2.24, 2.45) is 5.73 Å². The van der Waals surface area contributed by atoms with E-state index in [9.17, 15) is 5.11 Å². The molecule has 1 aliphatic heterocycles. The lowest BCUT2D eigenvalue weighted by atomic mass is 9.99. The average Bonchev–Trinajstić information content (AvgIpc) is 2.86. The van der Waals surface area contributed by atoms with Gasteiger partial charge in [0.15, 0.2) is 5.82 Å². The van der Waals surface area contributed by atoms with Crippen LogP contribution < -0.4 is 5.73 Å². The fourth-order valence-electron chi connectivity index (χ4n) is 2.37. The van der Waals surface area contributed by atoms with E-state index in [4.69, 9.17) is 10.3 Å². The number of rotatable bonds is 3. The highest BCUT2D eigenvalue weighted by molar-refractivity contribution is 5.85. The highest BCUT2D eigenvalue weighted by Gasteiger charge is 2.18. The van der Waals surface area contributed by atoms with Crippen LogP contribution in [-0.4, -0.2) is 26.7 Å². The van der Waals surface area contributed by atoms with Crippen molar-refractivity contribution in [1.82, 2.24) is 15.0 Å². The third-order valence-corrected chi connectivity index (χ3v) is 3.33. The van der Waals surface area contributed by atoms with E-state index < -0.39 is 0 Å². The lowest BCUT2D eigenvalue weighted by Gasteiger charge is -2.27. The van der Waals surface area contributed by atoms with Crippen LogP contribution in [-0.2, 0) is 26.1 Å². The van der Waals surface area contributed by atoms with E-state index in [-0.39, 0.29) is 19.0 Å². The largest absolute Gasteiger partial charge is 0.508 e. The highest BCUT2D eigenvalue weighted by atomic mass is 35.5. The summed E-state index contributed by atoms with van der Waals surface area (Å²) in [6.07, 6.45) is 0.969. The van der Waals surface area contributed by atoms with Crippen LogP contribution in [0, 0.1) is 0 Å². The number of hydrogen-bond acceptors (Lipinski definition) is 6. The van der Waals surface area contributed by atoms with Gasteiger partial charge in [0.1, 0.15) is 5.75 Å². The minimum Gasteiger partial charge on any atom is -0.508 e. The van der Waals surface area contributed by atoms with Crippen molar-refractivity contribution < 1.29 is 9.63 Å². The molecule has 0 unspecified atom stereocenters. The number of nitrogens with two attached hydrogens (primary N) is 1. The van der Waals surface area contributed by atoms with Gasteiger partial charge in [-0.15, -0.1) is 12.4 Å². The first-order chi connectivity index (χ1) is 9.24. The van der Waals surface area contributed by atoms with Gasteiger partial charge in [0, 0.05) is 13.1 Å². The van der Waals surface area contributed by atoms with Gasteiger partial charge >= 0.3 is 0 Å². The normalized spacial score (nSPS) is 14.7. The number of hydrogen-bond donors (Lipinski definition) is 2. The van der Waals surface area contributed by atoms with E-state index in [1.54, 1.807) is 6.07 Å². The Balaban J connectivity index is 0.00000147. The summed E-state index contributed by atoms with van der Waals surface area (Å²) in [5, 5.41) is 13.4. The van der Waals surface area contributed by atoms with Gasteiger partial charge in [0.05, 0.1) is 13.1 Å². The smallest absolute Gasteiger partial charge is 0.240 e. The van der Waals surface area contributed by atoms with Gasteiger partial charge in [-0.1, -0.05) is 11.2 Å². The van der Waals surface area contributed by atoms with Crippen LogP contribution >= 0.6 is 12.4 Å². The summed E-state index contributed by atoms with van der Waals surface area (Å²) in [5.74, 6) is 1.43. The third-order valence-electron chi connectivity index (χ3n) is 3.33. The van der Waals surface area contributed by atoms with Gasteiger partial charge in [0.2, 0.25) is 5.89 Å². The molecule has 0 fully saturated rings. The Labute approximate surface area is 123 Å². The molecular formula is C13H17ClN4O2. The zero-order chi connectivity index (χ0) is 13.2. The number of phenols is 1. The lowest BCUT2D eigenvalue weighted by molar-refractivity contribution is 0.235. The second kappa shape index (κ2) is 6.21. The Morgan fingerprint density at radius 2 is 2.20 bits per heavy atom. The number of aromatic hydroxyl groups is 1. The second-order valence-electron chi connectivity index (χ2n) is 4.72.